The van der Waals surface area contributed by atoms with E-state index in [1.807, 2.05) is 5.16 Å². The van der Waals surface area contributed by atoms with Crippen molar-refractivity contribution in [1.82, 2.24) is 0 Å². The second-order valence-corrected chi connectivity index (χ2v) is 2.76. The van der Waals surface area contributed by atoms with Gasteiger partial charge in [0.25, 0.3) is 0 Å². The first-order valence-electron chi connectivity index (χ1n) is 3.53. The van der Waals surface area contributed by atoms with Gasteiger partial charge in [-0.05, 0) is 24.4 Å². The van der Waals surface area contributed by atoms with E-state index in [2.05, 4.69) is 17.2 Å². The third-order valence-electron chi connectivity index (χ3n) is 1.51. The van der Waals surface area contributed by atoms with Crippen molar-refractivity contribution in [2.75, 3.05) is 0 Å². The van der Waals surface area contributed by atoms with Gasteiger partial charge >= 0.3 is 6.18 Å². The normalized spacial score (nSPS) is 16.9. The average Bonchev–Trinajstić information content (AvgIpc) is 2.02. The van der Waals surface area contributed by atoms with Gasteiger partial charge < -0.3 is 0 Å². The van der Waals surface area contributed by atoms with Gasteiger partial charge in [-0.2, -0.15) is 18.2 Å². The maximum Gasteiger partial charge on any atom is 0.416 e. The number of alkyl halides is 3. The first kappa shape index (κ1) is 10.8. The molecule has 2 nitrogen and oxygen atoms in total. The van der Waals surface area contributed by atoms with Crippen molar-refractivity contribution in [2.24, 2.45) is 4.99 Å². The molecule has 1 aliphatic rings. The van der Waals surface area contributed by atoms with Crippen LogP contribution in [0, 0.1) is 0 Å². The Kier molecular flexibility index (Phi) is 2.98. The predicted molar refractivity (Wildman–Crippen MR) is 46.9 cm³/mol. The van der Waals surface area contributed by atoms with Gasteiger partial charge in [0.2, 0.25) is 0 Å². The fraction of sp³-hybridized carbons (Fsp3) is 0.250. The van der Waals surface area contributed by atoms with E-state index in [1.165, 1.54) is 0 Å². The van der Waals surface area contributed by atoms with Gasteiger partial charge in [-0.25, -0.2) is 0 Å². The molecule has 1 aliphatic carbocycles. The third kappa shape index (κ3) is 2.61. The number of carbonyl (C=O) groups is 1. The van der Waals surface area contributed by atoms with E-state index < -0.39 is 17.5 Å². The molecular weight excluding hydrogens is 215 g/mol. The average molecular weight is 219 g/mol. The quantitative estimate of drug-likeness (QED) is 0.500. The molecule has 0 saturated heterocycles. The first-order chi connectivity index (χ1) is 6.43. The highest BCUT2D eigenvalue weighted by atomic mass is 32.1. The van der Waals surface area contributed by atoms with Crippen LogP contribution in [0.5, 0.6) is 0 Å². The van der Waals surface area contributed by atoms with Crippen LogP contribution in [0.15, 0.2) is 28.4 Å². The van der Waals surface area contributed by atoms with Crippen molar-refractivity contribution in [3.63, 3.8) is 0 Å². The molecule has 1 rings (SSSR count). The summed E-state index contributed by atoms with van der Waals surface area (Å²) in [5.41, 5.74) is -1.02. The van der Waals surface area contributed by atoms with E-state index >= 15 is 0 Å². The summed E-state index contributed by atoms with van der Waals surface area (Å²) in [6, 6.07) is 0. The molecular formula is C8H4F3NOS. The zero-order valence-electron chi connectivity index (χ0n) is 6.76. The minimum atomic E-state index is -4.53. The van der Waals surface area contributed by atoms with Crippen molar-refractivity contribution in [1.29, 1.82) is 0 Å². The Morgan fingerprint density at radius 3 is 2.57 bits per heavy atom. The lowest BCUT2D eigenvalue weighted by Gasteiger charge is -2.11. The highest BCUT2D eigenvalue weighted by Crippen LogP contribution is 2.30. The van der Waals surface area contributed by atoms with Crippen LogP contribution in [0.1, 0.15) is 6.42 Å². The molecule has 0 aromatic carbocycles. The first-order valence-corrected chi connectivity index (χ1v) is 3.94. The highest BCUT2D eigenvalue weighted by molar-refractivity contribution is 7.78. The molecule has 74 valence electrons. The van der Waals surface area contributed by atoms with Gasteiger partial charge in [0, 0.05) is 0 Å². The van der Waals surface area contributed by atoms with E-state index in [1.54, 1.807) is 0 Å². The molecule has 14 heavy (non-hydrogen) atoms. The Morgan fingerprint density at radius 2 is 2.07 bits per heavy atom. The zero-order chi connectivity index (χ0) is 10.8. The smallest absolute Gasteiger partial charge is 0.294 e. The molecule has 0 radical (unpaired) electrons. The summed E-state index contributed by atoms with van der Waals surface area (Å²) >= 11 is 4.23. The number of rotatable bonds is 1. The fourth-order valence-electron chi connectivity index (χ4n) is 0.969. The second-order valence-electron chi connectivity index (χ2n) is 2.58. The number of hydrogen-bond donors (Lipinski definition) is 0. The highest BCUT2D eigenvalue weighted by Gasteiger charge is 2.34. The maximum absolute atomic E-state index is 12.2. The van der Waals surface area contributed by atoms with Gasteiger partial charge in [0.1, 0.15) is 0 Å². The van der Waals surface area contributed by atoms with E-state index in [9.17, 15) is 18.0 Å². The lowest BCUT2D eigenvalue weighted by molar-refractivity contribution is -0.115. The number of thiocarbonyl (C=S) groups is 1. The molecule has 0 aliphatic heterocycles. The number of hydrogen-bond acceptors (Lipinski definition) is 3. The van der Waals surface area contributed by atoms with Crippen molar-refractivity contribution in [2.45, 2.75) is 12.6 Å². The van der Waals surface area contributed by atoms with Crippen LogP contribution in [0.2, 0.25) is 0 Å². The number of aliphatic imine (C=N–C) groups is 1. The number of allylic oxidation sites excluding steroid dienone is 4. The van der Waals surface area contributed by atoms with E-state index in [-0.39, 0.29) is 12.1 Å². The summed E-state index contributed by atoms with van der Waals surface area (Å²) in [5.74, 6) is -0.635. The molecule has 0 aromatic heterocycles. The number of ketones is 1. The van der Waals surface area contributed by atoms with Crippen LogP contribution in [-0.4, -0.2) is 17.1 Å². The van der Waals surface area contributed by atoms with Crippen LogP contribution in [-0.2, 0) is 4.79 Å². The molecule has 0 saturated carbocycles. The monoisotopic (exact) mass is 219 g/mol. The third-order valence-corrected chi connectivity index (χ3v) is 1.60. The van der Waals surface area contributed by atoms with E-state index in [0.717, 1.165) is 6.08 Å². The summed E-state index contributed by atoms with van der Waals surface area (Å²) in [7, 11) is 0. The minimum absolute atomic E-state index is 0.0141. The molecule has 6 heteroatoms. The van der Waals surface area contributed by atoms with Crippen molar-refractivity contribution in [3.05, 3.63) is 23.4 Å². The molecule has 0 unspecified atom stereocenters. The second kappa shape index (κ2) is 3.86. The number of isothiocyanates is 1. The fourth-order valence-corrected chi connectivity index (χ4v) is 1.09. The van der Waals surface area contributed by atoms with Crippen LogP contribution in [0.25, 0.3) is 0 Å². The Bertz CT molecular complexity index is 375. The van der Waals surface area contributed by atoms with Gasteiger partial charge in [-0.3, -0.25) is 4.79 Å². The summed E-state index contributed by atoms with van der Waals surface area (Å²) in [5, 5.41) is 1.92. The molecule has 0 bridgehead atoms. The van der Waals surface area contributed by atoms with Gasteiger partial charge in [-0.15, -0.1) is 0 Å². The number of carbonyl (C=O) groups excluding carboxylic acids is 1. The summed E-state index contributed by atoms with van der Waals surface area (Å²) in [4.78, 5) is 14.2. The number of halogens is 3. The lowest BCUT2D eigenvalue weighted by atomic mass is 10.0. The predicted octanol–water partition coefficient (Wildman–Crippen LogP) is 2.43. The van der Waals surface area contributed by atoms with Crippen molar-refractivity contribution >= 4 is 23.2 Å². The van der Waals surface area contributed by atoms with Crippen LogP contribution in [0.3, 0.4) is 0 Å². The van der Waals surface area contributed by atoms with Crippen molar-refractivity contribution in [3.8, 4) is 0 Å². The zero-order valence-corrected chi connectivity index (χ0v) is 7.58. The lowest BCUT2D eigenvalue weighted by Crippen LogP contribution is -2.15. The summed E-state index contributed by atoms with van der Waals surface area (Å²) < 4.78 is 36.5. The Hall–Kier alpha value is -1.26. The standard InChI is InChI=1S/C8H4F3NOS/c9-8(10,11)5-1-6(12-4-14)3-7(13)2-5/h1-2H,3H2. The van der Waals surface area contributed by atoms with Gasteiger partial charge in [0.05, 0.1) is 22.9 Å². The minimum Gasteiger partial charge on any atom is -0.294 e. The van der Waals surface area contributed by atoms with Gasteiger partial charge in [0.15, 0.2) is 5.78 Å². The number of nitrogens with zero attached hydrogens (tertiary/aromatic N) is 1. The summed E-state index contributed by atoms with van der Waals surface area (Å²) in [6.45, 7) is 0. The molecule has 0 N–H and O–H groups in total. The molecule has 0 spiro atoms. The molecule has 0 aromatic rings. The van der Waals surface area contributed by atoms with Crippen molar-refractivity contribution < 1.29 is 18.0 Å². The molecule has 0 heterocycles. The van der Waals surface area contributed by atoms with Crippen LogP contribution < -0.4 is 0 Å². The van der Waals surface area contributed by atoms with Gasteiger partial charge in [-0.1, -0.05) is 0 Å². The maximum atomic E-state index is 12.2. The molecule has 0 amide bonds. The SMILES string of the molecule is O=C1C=C(C(F)(F)F)C=C(N=C=S)C1. The van der Waals surface area contributed by atoms with Crippen LogP contribution >= 0.6 is 12.2 Å². The Morgan fingerprint density at radius 1 is 1.43 bits per heavy atom. The molecule has 0 fully saturated rings. The Balaban J connectivity index is 3.08. The van der Waals surface area contributed by atoms with E-state index in [4.69, 9.17) is 0 Å². The summed E-state index contributed by atoms with van der Waals surface area (Å²) in [6.07, 6.45) is -3.34. The molecule has 0 atom stereocenters. The van der Waals surface area contributed by atoms with E-state index in [0.29, 0.717) is 6.08 Å². The Labute approximate surface area is 82.8 Å². The topological polar surface area (TPSA) is 29.4 Å². The largest absolute Gasteiger partial charge is 0.416 e. The van der Waals surface area contributed by atoms with Crippen LogP contribution in [0.4, 0.5) is 13.2 Å².